The van der Waals surface area contributed by atoms with Crippen LogP contribution < -0.4 is 11.1 Å². The number of hydrogen-bond acceptors (Lipinski definition) is 3. The largest absolute Gasteiger partial charge is 0.373 e. The molecule has 20 heavy (non-hydrogen) atoms. The minimum Gasteiger partial charge on any atom is -0.373 e. The molecule has 1 aromatic carbocycles. The van der Waals surface area contributed by atoms with Crippen molar-refractivity contribution >= 4 is 5.91 Å². The molecule has 1 fully saturated rings. The van der Waals surface area contributed by atoms with Crippen LogP contribution in [0.2, 0.25) is 0 Å². The lowest BCUT2D eigenvalue weighted by molar-refractivity contribution is -0.121. The van der Waals surface area contributed by atoms with Crippen LogP contribution in [0.4, 0.5) is 0 Å². The number of rotatable bonds is 5. The highest BCUT2D eigenvalue weighted by atomic mass is 16.5. The molecular weight excluding hydrogens is 252 g/mol. The van der Waals surface area contributed by atoms with Crippen LogP contribution in [-0.4, -0.2) is 25.6 Å². The zero-order valence-electron chi connectivity index (χ0n) is 12.1. The van der Waals surface area contributed by atoms with Gasteiger partial charge in [0.2, 0.25) is 5.91 Å². The van der Waals surface area contributed by atoms with Crippen LogP contribution >= 0.6 is 0 Å². The zero-order chi connectivity index (χ0) is 14.4. The Hall–Kier alpha value is -1.39. The molecule has 0 spiro atoms. The van der Waals surface area contributed by atoms with Gasteiger partial charge >= 0.3 is 0 Å². The van der Waals surface area contributed by atoms with Crippen molar-refractivity contribution in [3.05, 3.63) is 35.4 Å². The van der Waals surface area contributed by atoms with Crippen LogP contribution in [0.1, 0.15) is 36.5 Å². The standard InChI is InChI=1S/C16H24N2O2/c1-12-4-6-13(7-5-12)16-14(3-2-10-20-16)11-18-15(19)8-9-17/h4-7,14,16H,2-3,8-11,17H2,1H3,(H,18,19). The molecule has 0 bridgehead atoms. The Labute approximate surface area is 120 Å². The SMILES string of the molecule is Cc1ccc(C2OCCCC2CNC(=O)CCN)cc1. The molecule has 0 saturated carbocycles. The number of ether oxygens (including phenoxy) is 1. The number of nitrogens with one attached hydrogen (secondary N) is 1. The molecule has 2 rings (SSSR count). The summed E-state index contributed by atoms with van der Waals surface area (Å²) in [5, 5.41) is 2.97. The summed E-state index contributed by atoms with van der Waals surface area (Å²) in [6, 6.07) is 8.47. The fourth-order valence-corrected chi connectivity index (χ4v) is 2.64. The van der Waals surface area contributed by atoms with Gasteiger partial charge in [-0.05, 0) is 25.3 Å². The molecule has 4 nitrogen and oxygen atoms in total. The van der Waals surface area contributed by atoms with Gasteiger partial charge in [-0.3, -0.25) is 4.79 Å². The fourth-order valence-electron chi connectivity index (χ4n) is 2.64. The van der Waals surface area contributed by atoms with Gasteiger partial charge in [0.1, 0.15) is 0 Å². The van der Waals surface area contributed by atoms with Gasteiger partial charge in [-0.1, -0.05) is 29.8 Å². The Morgan fingerprint density at radius 1 is 1.40 bits per heavy atom. The van der Waals surface area contributed by atoms with E-state index in [1.165, 1.54) is 11.1 Å². The first-order valence-corrected chi connectivity index (χ1v) is 7.35. The van der Waals surface area contributed by atoms with Gasteiger partial charge in [0.25, 0.3) is 0 Å². The predicted molar refractivity (Wildman–Crippen MR) is 79.3 cm³/mol. The van der Waals surface area contributed by atoms with Gasteiger partial charge in [-0.25, -0.2) is 0 Å². The van der Waals surface area contributed by atoms with Crippen LogP contribution in [-0.2, 0) is 9.53 Å². The molecule has 1 aliphatic heterocycles. The molecule has 0 radical (unpaired) electrons. The molecule has 1 aliphatic rings. The highest BCUT2D eigenvalue weighted by Gasteiger charge is 2.27. The Kier molecular flexibility index (Phi) is 5.56. The number of carbonyl (C=O) groups excluding carboxylic acids is 1. The minimum absolute atomic E-state index is 0.0285. The van der Waals surface area contributed by atoms with Gasteiger partial charge in [-0.15, -0.1) is 0 Å². The lowest BCUT2D eigenvalue weighted by Gasteiger charge is -2.32. The third-order valence-electron chi connectivity index (χ3n) is 3.78. The minimum atomic E-state index is 0.0285. The fraction of sp³-hybridized carbons (Fsp3) is 0.562. The van der Waals surface area contributed by atoms with E-state index in [1.807, 2.05) is 0 Å². The molecule has 1 amide bonds. The third kappa shape index (κ3) is 4.05. The second-order valence-electron chi connectivity index (χ2n) is 5.45. The smallest absolute Gasteiger partial charge is 0.221 e. The molecular formula is C16H24N2O2. The van der Waals surface area contributed by atoms with Crippen molar-refractivity contribution in [2.75, 3.05) is 19.7 Å². The number of nitrogens with two attached hydrogens (primary N) is 1. The second kappa shape index (κ2) is 7.41. The molecule has 2 atom stereocenters. The monoisotopic (exact) mass is 276 g/mol. The highest BCUT2D eigenvalue weighted by molar-refractivity contribution is 5.76. The molecule has 4 heteroatoms. The summed E-state index contributed by atoms with van der Waals surface area (Å²) in [5.74, 6) is 0.369. The van der Waals surface area contributed by atoms with E-state index < -0.39 is 0 Å². The summed E-state index contributed by atoms with van der Waals surface area (Å²) >= 11 is 0. The molecule has 2 unspecified atom stereocenters. The van der Waals surface area contributed by atoms with Gasteiger partial charge in [-0.2, -0.15) is 0 Å². The van der Waals surface area contributed by atoms with Gasteiger partial charge in [0.15, 0.2) is 0 Å². The second-order valence-corrected chi connectivity index (χ2v) is 5.45. The zero-order valence-corrected chi connectivity index (χ0v) is 12.1. The summed E-state index contributed by atoms with van der Waals surface area (Å²) < 4.78 is 5.93. The first-order valence-electron chi connectivity index (χ1n) is 7.35. The van der Waals surface area contributed by atoms with Crippen LogP contribution in [0.15, 0.2) is 24.3 Å². The molecule has 1 heterocycles. The Balaban J connectivity index is 1.98. The summed E-state index contributed by atoms with van der Waals surface area (Å²) in [4.78, 5) is 11.5. The number of hydrogen-bond donors (Lipinski definition) is 2. The third-order valence-corrected chi connectivity index (χ3v) is 3.78. The number of carbonyl (C=O) groups is 1. The van der Waals surface area contributed by atoms with Crippen molar-refractivity contribution in [1.82, 2.24) is 5.32 Å². The van der Waals surface area contributed by atoms with Crippen molar-refractivity contribution in [2.45, 2.75) is 32.3 Å². The Morgan fingerprint density at radius 3 is 2.85 bits per heavy atom. The maximum Gasteiger partial charge on any atom is 0.221 e. The van der Waals surface area contributed by atoms with Crippen LogP contribution in [0.25, 0.3) is 0 Å². The van der Waals surface area contributed by atoms with Gasteiger partial charge < -0.3 is 15.8 Å². The summed E-state index contributed by atoms with van der Waals surface area (Å²) in [6.45, 7) is 3.94. The van der Waals surface area contributed by atoms with E-state index in [9.17, 15) is 4.79 Å². The number of amides is 1. The Morgan fingerprint density at radius 2 is 2.15 bits per heavy atom. The van der Waals surface area contributed by atoms with E-state index in [4.69, 9.17) is 10.5 Å². The van der Waals surface area contributed by atoms with Gasteiger partial charge in [0, 0.05) is 32.0 Å². The molecule has 1 aromatic rings. The topological polar surface area (TPSA) is 64.3 Å². The average Bonchev–Trinajstić information content (AvgIpc) is 2.47. The molecule has 1 saturated heterocycles. The molecule has 110 valence electrons. The quantitative estimate of drug-likeness (QED) is 0.863. The molecule has 0 aromatic heterocycles. The van der Waals surface area contributed by atoms with Crippen molar-refractivity contribution < 1.29 is 9.53 Å². The van der Waals surface area contributed by atoms with E-state index in [0.717, 1.165) is 19.4 Å². The summed E-state index contributed by atoms with van der Waals surface area (Å²) in [7, 11) is 0. The van der Waals surface area contributed by atoms with E-state index in [1.54, 1.807) is 0 Å². The molecule has 0 aliphatic carbocycles. The maximum absolute atomic E-state index is 11.5. The summed E-state index contributed by atoms with van der Waals surface area (Å²) in [5.41, 5.74) is 7.83. The number of aryl methyl sites for hydroxylation is 1. The van der Waals surface area contributed by atoms with Crippen LogP contribution in [0.5, 0.6) is 0 Å². The van der Waals surface area contributed by atoms with Crippen molar-refractivity contribution in [3.63, 3.8) is 0 Å². The lowest BCUT2D eigenvalue weighted by Crippen LogP contribution is -2.35. The van der Waals surface area contributed by atoms with E-state index in [2.05, 4.69) is 36.5 Å². The van der Waals surface area contributed by atoms with Crippen molar-refractivity contribution in [1.29, 1.82) is 0 Å². The molecule has 3 N–H and O–H groups in total. The van der Waals surface area contributed by atoms with Gasteiger partial charge in [0.05, 0.1) is 6.10 Å². The first kappa shape index (κ1) is 15.0. The van der Waals surface area contributed by atoms with Crippen LogP contribution in [0.3, 0.4) is 0 Å². The van der Waals surface area contributed by atoms with E-state index in [0.29, 0.717) is 25.4 Å². The van der Waals surface area contributed by atoms with E-state index >= 15 is 0 Å². The lowest BCUT2D eigenvalue weighted by atomic mass is 9.89. The predicted octanol–water partition coefficient (Wildman–Crippen LogP) is 1.93. The first-order chi connectivity index (χ1) is 9.70. The Bertz CT molecular complexity index is 431. The van der Waals surface area contributed by atoms with Crippen molar-refractivity contribution in [3.8, 4) is 0 Å². The highest BCUT2D eigenvalue weighted by Crippen LogP contribution is 2.33. The normalized spacial score (nSPS) is 22.5. The number of benzene rings is 1. The average molecular weight is 276 g/mol. The van der Waals surface area contributed by atoms with Crippen molar-refractivity contribution in [2.24, 2.45) is 11.7 Å². The van der Waals surface area contributed by atoms with Crippen LogP contribution in [0, 0.1) is 12.8 Å². The summed E-state index contributed by atoms with van der Waals surface area (Å²) in [6.07, 6.45) is 2.62. The maximum atomic E-state index is 11.5. The van der Waals surface area contributed by atoms with E-state index in [-0.39, 0.29) is 12.0 Å².